The van der Waals surface area contributed by atoms with Crippen molar-refractivity contribution in [3.63, 3.8) is 0 Å². The SMILES string of the molecule is Cc1cc([C@@H](C)O)ccc1OCCOC(C)C. The van der Waals surface area contributed by atoms with Crippen LogP contribution in [0.1, 0.15) is 38.0 Å². The zero-order valence-electron chi connectivity index (χ0n) is 11.1. The minimum Gasteiger partial charge on any atom is -0.491 e. The minimum absolute atomic E-state index is 0.234. The molecule has 0 spiro atoms. The van der Waals surface area contributed by atoms with Crippen LogP contribution in [0.15, 0.2) is 18.2 Å². The van der Waals surface area contributed by atoms with Gasteiger partial charge in [0.15, 0.2) is 0 Å². The Hall–Kier alpha value is -1.06. The van der Waals surface area contributed by atoms with Crippen molar-refractivity contribution in [2.45, 2.75) is 39.9 Å². The molecule has 0 unspecified atom stereocenters. The molecule has 0 heterocycles. The molecule has 0 aromatic heterocycles. The fourth-order valence-electron chi connectivity index (χ4n) is 1.53. The van der Waals surface area contributed by atoms with Crippen molar-refractivity contribution in [2.24, 2.45) is 0 Å². The van der Waals surface area contributed by atoms with E-state index in [1.54, 1.807) is 6.92 Å². The number of benzene rings is 1. The molecule has 96 valence electrons. The Morgan fingerprint density at radius 3 is 2.41 bits per heavy atom. The van der Waals surface area contributed by atoms with E-state index in [2.05, 4.69) is 0 Å². The van der Waals surface area contributed by atoms with Crippen LogP contribution < -0.4 is 4.74 Å². The zero-order valence-corrected chi connectivity index (χ0v) is 11.1. The molecular formula is C14H22O3. The maximum absolute atomic E-state index is 9.45. The summed E-state index contributed by atoms with van der Waals surface area (Å²) in [6.07, 6.45) is -0.204. The lowest BCUT2D eigenvalue weighted by molar-refractivity contribution is 0.0551. The van der Waals surface area contributed by atoms with Gasteiger partial charge < -0.3 is 14.6 Å². The highest BCUT2D eigenvalue weighted by molar-refractivity contribution is 5.36. The Kier molecular flexibility index (Phi) is 5.45. The summed E-state index contributed by atoms with van der Waals surface area (Å²) in [6, 6.07) is 5.73. The highest BCUT2D eigenvalue weighted by atomic mass is 16.5. The second kappa shape index (κ2) is 6.62. The van der Waals surface area contributed by atoms with E-state index < -0.39 is 6.10 Å². The topological polar surface area (TPSA) is 38.7 Å². The smallest absolute Gasteiger partial charge is 0.122 e. The van der Waals surface area contributed by atoms with Gasteiger partial charge in [-0.2, -0.15) is 0 Å². The molecule has 0 radical (unpaired) electrons. The lowest BCUT2D eigenvalue weighted by Gasteiger charge is -2.13. The van der Waals surface area contributed by atoms with Crippen molar-refractivity contribution in [3.05, 3.63) is 29.3 Å². The summed E-state index contributed by atoms with van der Waals surface area (Å²) in [5.74, 6) is 0.849. The molecular weight excluding hydrogens is 216 g/mol. The largest absolute Gasteiger partial charge is 0.491 e. The Morgan fingerprint density at radius 1 is 1.18 bits per heavy atom. The fraction of sp³-hybridized carbons (Fsp3) is 0.571. The molecule has 0 aliphatic rings. The Bertz CT molecular complexity index is 345. The number of aryl methyl sites for hydroxylation is 1. The van der Waals surface area contributed by atoms with Crippen LogP contribution in [0.3, 0.4) is 0 Å². The minimum atomic E-state index is -0.438. The summed E-state index contributed by atoms with van der Waals surface area (Å²) in [7, 11) is 0. The Morgan fingerprint density at radius 2 is 1.88 bits per heavy atom. The van der Waals surface area contributed by atoms with Crippen molar-refractivity contribution in [1.82, 2.24) is 0 Å². The second-order valence-electron chi connectivity index (χ2n) is 4.47. The second-order valence-corrected chi connectivity index (χ2v) is 4.47. The predicted molar refractivity (Wildman–Crippen MR) is 68.4 cm³/mol. The van der Waals surface area contributed by atoms with Gasteiger partial charge in [0.2, 0.25) is 0 Å². The van der Waals surface area contributed by atoms with Gasteiger partial charge in [-0.25, -0.2) is 0 Å². The molecule has 1 aromatic rings. The van der Waals surface area contributed by atoms with Gasteiger partial charge in [0, 0.05) is 0 Å². The average Bonchev–Trinajstić information content (AvgIpc) is 2.25. The first-order chi connectivity index (χ1) is 8.00. The molecule has 1 N–H and O–H groups in total. The molecule has 0 fully saturated rings. The van der Waals surface area contributed by atoms with E-state index >= 15 is 0 Å². The molecule has 3 heteroatoms. The maximum Gasteiger partial charge on any atom is 0.122 e. The predicted octanol–water partition coefficient (Wildman–Crippen LogP) is 2.85. The monoisotopic (exact) mass is 238 g/mol. The maximum atomic E-state index is 9.45. The van der Waals surface area contributed by atoms with Crippen molar-refractivity contribution in [3.8, 4) is 5.75 Å². The summed E-state index contributed by atoms with van der Waals surface area (Å²) in [5.41, 5.74) is 1.95. The van der Waals surface area contributed by atoms with Gasteiger partial charge in [-0.3, -0.25) is 0 Å². The Labute approximate surface area is 103 Å². The molecule has 1 atom stereocenters. The third-order valence-electron chi connectivity index (χ3n) is 2.47. The average molecular weight is 238 g/mol. The first-order valence-electron chi connectivity index (χ1n) is 6.03. The number of ether oxygens (including phenoxy) is 2. The normalized spacial score (nSPS) is 12.8. The van der Waals surface area contributed by atoms with Gasteiger partial charge in [-0.05, 0) is 51.0 Å². The highest BCUT2D eigenvalue weighted by Gasteiger charge is 2.05. The molecule has 0 amide bonds. The fourth-order valence-corrected chi connectivity index (χ4v) is 1.53. The Balaban J connectivity index is 2.49. The van der Waals surface area contributed by atoms with Crippen LogP contribution in [0, 0.1) is 6.92 Å². The van der Waals surface area contributed by atoms with E-state index in [0.29, 0.717) is 13.2 Å². The van der Waals surface area contributed by atoms with Crippen molar-refractivity contribution < 1.29 is 14.6 Å². The van der Waals surface area contributed by atoms with Gasteiger partial charge in [-0.15, -0.1) is 0 Å². The molecule has 0 bridgehead atoms. The quantitative estimate of drug-likeness (QED) is 0.774. The number of aliphatic hydroxyl groups excluding tert-OH is 1. The van der Waals surface area contributed by atoms with E-state index in [0.717, 1.165) is 16.9 Å². The summed E-state index contributed by atoms with van der Waals surface area (Å²) < 4.78 is 11.0. The standard InChI is InChI=1S/C14H22O3/c1-10(2)16-7-8-17-14-6-5-13(12(4)15)9-11(14)3/h5-6,9-10,12,15H,7-8H2,1-4H3/t12-/m1/s1. The van der Waals surface area contributed by atoms with Gasteiger partial charge in [0.1, 0.15) is 12.4 Å². The van der Waals surface area contributed by atoms with Gasteiger partial charge in [0.25, 0.3) is 0 Å². The van der Waals surface area contributed by atoms with Crippen LogP contribution in [0.4, 0.5) is 0 Å². The van der Waals surface area contributed by atoms with Crippen molar-refractivity contribution >= 4 is 0 Å². The summed E-state index contributed by atoms with van der Waals surface area (Å²) in [4.78, 5) is 0. The summed E-state index contributed by atoms with van der Waals surface area (Å²) in [5, 5.41) is 9.45. The van der Waals surface area contributed by atoms with Gasteiger partial charge in [0.05, 0.1) is 18.8 Å². The van der Waals surface area contributed by atoms with Crippen LogP contribution in [-0.2, 0) is 4.74 Å². The van der Waals surface area contributed by atoms with Gasteiger partial charge >= 0.3 is 0 Å². The lowest BCUT2D eigenvalue weighted by Crippen LogP contribution is -2.11. The van der Waals surface area contributed by atoms with E-state index in [4.69, 9.17) is 9.47 Å². The molecule has 1 aromatic carbocycles. The summed E-state index contributed by atoms with van der Waals surface area (Å²) in [6.45, 7) is 8.88. The molecule has 0 aliphatic carbocycles. The summed E-state index contributed by atoms with van der Waals surface area (Å²) >= 11 is 0. The zero-order chi connectivity index (χ0) is 12.8. The van der Waals surface area contributed by atoms with Crippen molar-refractivity contribution in [2.75, 3.05) is 13.2 Å². The van der Waals surface area contributed by atoms with Crippen LogP contribution in [0.2, 0.25) is 0 Å². The molecule has 3 nitrogen and oxygen atoms in total. The van der Waals surface area contributed by atoms with E-state index in [1.807, 2.05) is 39.0 Å². The number of aliphatic hydroxyl groups is 1. The third kappa shape index (κ3) is 4.75. The van der Waals surface area contributed by atoms with E-state index in [9.17, 15) is 5.11 Å². The highest BCUT2D eigenvalue weighted by Crippen LogP contribution is 2.22. The van der Waals surface area contributed by atoms with Crippen LogP contribution in [0.5, 0.6) is 5.75 Å². The van der Waals surface area contributed by atoms with Gasteiger partial charge in [-0.1, -0.05) is 6.07 Å². The number of rotatable bonds is 6. The first kappa shape index (κ1) is 14.0. The van der Waals surface area contributed by atoms with E-state index in [1.165, 1.54) is 0 Å². The molecule has 17 heavy (non-hydrogen) atoms. The first-order valence-corrected chi connectivity index (χ1v) is 6.03. The molecule has 0 saturated heterocycles. The van der Waals surface area contributed by atoms with Crippen LogP contribution >= 0.6 is 0 Å². The number of hydrogen-bond donors (Lipinski definition) is 1. The molecule has 0 saturated carbocycles. The lowest BCUT2D eigenvalue weighted by atomic mass is 10.1. The van der Waals surface area contributed by atoms with E-state index in [-0.39, 0.29) is 6.10 Å². The molecule has 1 rings (SSSR count). The van der Waals surface area contributed by atoms with Crippen molar-refractivity contribution in [1.29, 1.82) is 0 Å². The van der Waals surface area contributed by atoms with Crippen LogP contribution in [0.25, 0.3) is 0 Å². The third-order valence-corrected chi connectivity index (χ3v) is 2.47. The van der Waals surface area contributed by atoms with Crippen LogP contribution in [-0.4, -0.2) is 24.4 Å². The number of hydrogen-bond acceptors (Lipinski definition) is 3. The molecule has 0 aliphatic heterocycles.